The second-order valence-corrected chi connectivity index (χ2v) is 4.88. The number of ether oxygens (including phenoxy) is 1. The number of hydrogen-bond acceptors (Lipinski definition) is 5. The second-order valence-electron chi connectivity index (χ2n) is 4.88. The zero-order chi connectivity index (χ0) is 14.5. The average Bonchev–Trinajstić information content (AvgIpc) is 2.95. The third kappa shape index (κ3) is 3.16. The number of carbonyl (C=O) groups is 2. The summed E-state index contributed by atoms with van der Waals surface area (Å²) in [7, 11) is 1.39. The van der Waals surface area contributed by atoms with E-state index >= 15 is 0 Å². The number of amides is 1. The minimum absolute atomic E-state index is 0.0934. The summed E-state index contributed by atoms with van der Waals surface area (Å²) < 4.78 is 6.53. The van der Waals surface area contributed by atoms with Gasteiger partial charge in [-0.25, -0.2) is 4.98 Å². The highest BCUT2D eigenvalue weighted by Gasteiger charge is 2.28. The fourth-order valence-electron chi connectivity index (χ4n) is 2.39. The molecular formula is C13H20N4O3. The van der Waals surface area contributed by atoms with Gasteiger partial charge in [-0.15, -0.1) is 0 Å². The SMILES string of the molecule is COC(=O)C1CCN(C(=O)c2cn(CCN)cn2)CC1. The Morgan fingerprint density at radius 3 is 2.75 bits per heavy atom. The summed E-state index contributed by atoms with van der Waals surface area (Å²) in [4.78, 5) is 29.5. The number of nitrogens with zero attached hydrogens (tertiary/aromatic N) is 3. The van der Waals surface area contributed by atoms with Crippen molar-refractivity contribution in [2.75, 3.05) is 26.7 Å². The molecule has 1 aromatic rings. The Balaban J connectivity index is 1.92. The molecule has 0 aromatic carbocycles. The van der Waals surface area contributed by atoms with Crippen molar-refractivity contribution in [1.29, 1.82) is 0 Å². The fraction of sp³-hybridized carbons (Fsp3) is 0.615. The summed E-state index contributed by atoms with van der Waals surface area (Å²) in [6.07, 6.45) is 4.60. The number of methoxy groups -OCH3 is 1. The molecule has 0 unspecified atom stereocenters. The number of piperidine rings is 1. The fourth-order valence-corrected chi connectivity index (χ4v) is 2.39. The van der Waals surface area contributed by atoms with E-state index in [9.17, 15) is 9.59 Å². The Morgan fingerprint density at radius 1 is 1.45 bits per heavy atom. The molecule has 7 heteroatoms. The summed E-state index contributed by atoms with van der Waals surface area (Å²) in [5, 5.41) is 0. The molecule has 110 valence electrons. The van der Waals surface area contributed by atoms with Gasteiger partial charge in [-0.2, -0.15) is 0 Å². The van der Waals surface area contributed by atoms with E-state index in [-0.39, 0.29) is 17.8 Å². The number of imidazole rings is 1. The lowest BCUT2D eigenvalue weighted by atomic mass is 9.97. The first kappa shape index (κ1) is 14.5. The molecule has 0 atom stereocenters. The van der Waals surface area contributed by atoms with E-state index in [0.29, 0.717) is 44.7 Å². The molecule has 2 heterocycles. The van der Waals surface area contributed by atoms with Gasteiger partial charge in [0.1, 0.15) is 5.69 Å². The van der Waals surface area contributed by atoms with Crippen LogP contribution in [-0.2, 0) is 16.1 Å². The van der Waals surface area contributed by atoms with Crippen LogP contribution in [0, 0.1) is 5.92 Å². The number of rotatable bonds is 4. The number of nitrogens with two attached hydrogens (primary N) is 1. The van der Waals surface area contributed by atoms with Crippen molar-refractivity contribution < 1.29 is 14.3 Å². The van der Waals surface area contributed by atoms with Gasteiger partial charge in [-0.1, -0.05) is 0 Å². The van der Waals surface area contributed by atoms with Crippen molar-refractivity contribution >= 4 is 11.9 Å². The van der Waals surface area contributed by atoms with Crippen molar-refractivity contribution in [3.8, 4) is 0 Å². The molecule has 1 fully saturated rings. The molecule has 2 rings (SSSR count). The highest BCUT2D eigenvalue weighted by atomic mass is 16.5. The minimum Gasteiger partial charge on any atom is -0.469 e. The van der Waals surface area contributed by atoms with Crippen LogP contribution in [0.15, 0.2) is 12.5 Å². The number of hydrogen-bond donors (Lipinski definition) is 1. The normalized spacial score (nSPS) is 16.2. The molecular weight excluding hydrogens is 260 g/mol. The highest BCUT2D eigenvalue weighted by Crippen LogP contribution is 2.19. The third-order valence-corrected chi connectivity index (χ3v) is 3.56. The van der Waals surface area contributed by atoms with E-state index in [0.717, 1.165) is 0 Å². The van der Waals surface area contributed by atoms with E-state index in [2.05, 4.69) is 4.98 Å². The first-order chi connectivity index (χ1) is 9.65. The zero-order valence-corrected chi connectivity index (χ0v) is 11.6. The van der Waals surface area contributed by atoms with E-state index in [1.807, 2.05) is 0 Å². The Bertz CT molecular complexity index is 478. The van der Waals surface area contributed by atoms with Crippen LogP contribution in [0.4, 0.5) is 0 Å². The number of likely N-dealkylation sites (tertiary alicyclic amines) is 1. The van der Waals surface area contributed by atoms with Gasteiger partial charge in [0.25, 0.3) is 5.91 Å². The van der Waals surface area contributed by atoms with Gasteiger partial charge in [0.15, 0.2) is 0 Å². The summed E-state index contributed by atoms with van der Waals surface area (Å²) in [5.74, 6) is -0.382. The van der Waals surface area contributed by atoms with Crippen LogP contribution in [0.2, 0.25) is 0 Å². The molecule has 2 N–H and O–H groups in total. The van der Waals surface area contributed by atoms with E-state index in [4.69, 9.17) is 10.5 Å². The van der Waals surface area contributed by atoms with E-state index in [1.54, 1.807) is 22.0 Å². The lowest BCUT2D eigenvalue weighted by Crippen LogP contribution is -2.40. The maximum Gasteiger partial charge on any atom is 0.308 e. The lowest BCUT2D eigenvalue weighted by Gasteiger charge is -2.30. The van der Waals surface area contributed by atoms with Crippen LogP contribution in [0.3, 0.4) is 0 Å². The van der Waals surface area contributed by atoms with Crippen LogP contribution in [0.25, 0.3) is 0 Å². The monoisotopic (exact) mass is 280 g/mol. The van der Waals surface area contributed by atoms with Crippen LogP contribution in [-0.4, -0.2) is 53.1 Å². The molecule has 1 aromatic heterocycles. The van der Waals surface area contributed by atoms with Gasteiger partial charge in [0.05, 0.1) is 19.4 Å². The van der Waals surface area contributed by atoms with Gasteiger partial charge < -0.3 is 19.9 Å². The lowest BCUT2D eigenvalue weighted by molar-refractivity contribution is -0.146. The van der Waals surface area contributed by atoms with Crippen LogP contribution in [0.1, 0.15) is 23.3 Å². The van der Waals surface area contributed by atoms with Crippen LogP contribution < -0.4 is 5.73 Å². The largest absolute Gasteiger partial charge is 0.469 e. The molecule has 1 aliphatic heterocycles. The predicted octanol–water partition coefficient (Wildman–Crippen LogP) is -0.133. The maximum atomic E-state index is 12.3. The van der Waals surface area contributed by atoms with Gasteiger partial charge in [0, 0.05) is 32.4 Å². The first-order valence-electron chi connectivity index (χ1n) is 6.74. The number of aromatic nitrogens is 2. The molecule has 1 aliphatic rings. The molecule has 0 bridgehead atoms. The zero-order valence-electron chi connectivity index (χ0n) is 11.6. The van der Waals surface area contributed by atoms with Crippen molar-refractivity contribution in [1.82, 2.24) is 14.5 Å². The molecule has 0 aliphatic carbocycles. The Hall–Kier alpha value is -1.89. The van der Waals surface area contributed by atoms with E-state index < -0.39 is 0 Å². The quantitative estimate of drug-likeness (QED) is 0.776. The average molecular weight is 280 g/mol. The van der Waals surface area contributed by atoms with Gasteiger partial charge >= 0.3 is 5.97 Å². The minimum atomic E-state index is -0.190. The highest BCUT2D eigenvalue weighted by molar-refractivity contribution is 5.92. The molecule has 0 saturated carbocycles. The Labute approximate surface area is 117 Å². The summed E-state index contributed by atoms with van der Waals surface area (Å²) in [6.45, 7) is 2.27. The third-order valence-electron chi connectivity index (χ3n) is 3.56. The number of carbonyl (C=O) groups excluding carboxylic acids is 2. The molecule has 0 radical (unpaired) electrons. The van der Waals surface area contributed by atoms with Gasteiger partial charge in [-0.3, -0.25) is 9.59 Å². The first-order valence-corrected chi connectivity index (χ1v) is 6.74. The molecule has 1 amide bonds. The van der Waals surface area contributed by atoms with Gasteiger partial charge in [-0.05, 0) is 12.8 Å². The van der Waals surface area contributed by atoms with Crippen molar-refractivity contribution in [2.45, 2.75) is 19.4 Å². The molecule has 1 saturated heterocycles. The van der Waals surface area contributed by atoms with Crippen LogP contribution >= 0.6 is 0 Å². The molecule has 0 spiro atoms. The van der Waals surface area contributed by atoms with Crippen LogP contribution in [0.5, 0.6) is 0 Å². The topological polar surface area (TPSA) is 90.5 Å². The number of esters is 1. The molecule has 20 heavy (non-hydrogen) atoms. The maximum absolute atomic E-state index is 12.3. The second kappa shape index (κ2) is 6.51. The Morgan fingerprint density at radius 2 is 2.15 bits per heavy atom. The van der Waals surface area contributed by atoms with Crippen molar-refractivity contribution in [3.63, 3.8) is 0 Å². The smallest absolute Gasteiger partial charge is 0.308 e. The molecule has 7 nitrogen and oxygen atoms in total. The summed E-state index contributed by atoms with van der Waals surface area (Å²) in [6, 6.07) is 0. The van der Waals surface area contributed by atoms with Crippen molar-refractivity contribution in [2.24, 2.45) is 11.7 Å². The standard InChI is InChI=1S/C13H20N4O3/c1-20-13(19)10-2-5-17(6-3-10)12(18)11-8-16(7-4-14)9-15-11/h8-10H,2-7,14H2,1H3. The van der Waals surface area contributed by atoms with Crippen molar-refractivity contribution in [3.05, 3.63) is 18.2 Å². The summed E-state index contributed by atoms with van der Waals surface area (Å²) in [5.41, 5.74) is 5.88. The Kier molecular flexibility index (Phi) is 4.73. The summed E-state index contributed by atoms with van der Waals surface area (Å²) >= 11 is 0. The van der Waals surface area contributed by atoms with Gasteiger partial charge in [0.2, 0.25) is 0 Å². The van der Waals surface area contributed by atoms with E-state index in [1.165, 1.54) is 7.11 Å². The predicted molar refractivity (Wildman–Crippen MR) is 71.9 cm³/mol.